The van der Waals surface area contributed by atoms with Gasteiger partial charge in [0.15, 0.2) is 0 Å². The fourth-order valence-electron chi connectivity index (χ4n) is 2.28. The molecule has 0 spiro atoms. The van der Waals surface area contributed by atoms with Gasteiger partial charge in [-0.25, -0.2) is 0 Å². The van der Waals surface area contributed by atoms with E-state index in [-0.39, 0.29) is 0 Å². The van der Waals surface area contributed by atoms with Crippen LogP contribution in [0.2, 0.25) is 0 Å². The predicted octanol–water partition coefficient (Wildman–Crippen LogP) is 2.51. The zero-order valence-electron chi connectivity index (χ0n) is 12.5. The lowest BCUT2D eigenvalue weighted by molar-refractivity contribution is 0.531. The van der Waals surface area contributed by atoms with Crippen LogP contribution in [0.4, 0.5) is 0 Å². The number of hydrogen-bond donors (Lipinski definition) is 1. The lowest BCUT2D eigenvalue weighted by Gasteiger charge is -2.17. The minimum absolute atomic E-state index is 0.292. The number of nitrogens with one attached hydrogen (secondary N) is 1. The van der Waals surface area contributed by atoms with Crippen LogP contribution >= 0.6 is 11.5 Å². The van der Waals surface area contributed by atoms with Crippen molar-refractivity contribution in [1.29, 1.82) is 0 Å². The highest BCUT2D eigenvalue weighted by Gasteiger charge is 2.19. The molecule has 6 heteroatoms. The van der Waals surface area contributed by atoms with Crippen LogP contribution in [0.5, 0.6) is 0 Å². The summed E-state index contributed by atoms with van der Waals surface area (Å²) in [4.78, 5) is 1.28. The molecular weight excluding hydrogens is 270 g/mol. The number of nitrogens with zero attached hydrogens (tertiary/aromatic N) is 4. The third-order valence-electron chi connectivity index (χ3n) is 3.23. The Morgan fingerprint density at radius 2 is 2.20 bits per heavy atom. The molecule has 1 unspecified atom stereocenters. The Balaban J connectivity index is 2.15. The minimum atomic E-state index is 0.292. The van der Waals surface area contributed by atoms with E-state index in [0.29, 0.717) is 6.04 Å². The van der Waals surface area contributed by atoms with Gasteiger partial charge >= 0.3 is 0 Å². The summed E-state index contributed by atoms with van der Waals surface area (Å²) in [5.41, 5.74) is 2.40. The van der Waals surface area contributed by atoms with E-state index in [0.717, 1.165) is 37.9 Å². The molecule has 2 aromatic rings. The molecule has 0 aromatic carbocycles. The zero-order chi connectivity index (χ0) is 14.4. The maximum atomic E-state index is 4.29. The largest absolute Gasteiger partial charge is 0.309 e. The van der Waals surface area contributed by atoms with Crippen molar-refractivity contribution < 1.29 is 0 Å². The third kappa shape index (κ3) is 3.86. The fourth-order valence-corrected chi connectivity index (χ4v) is 3.05. The van der Waals surface area contributed by atoms with E-state index in [1.165, 1.54) is 22.0 Å². The van der Waals surface area contributed by atoms with Crippen LogP contribution in [-0.2, 0) is 19.9 Å². The predicted molar refractivity (Wildman–Crippen MR) is 81.9 cm³/mol. The normalized spacial score (nSPS) is 12.8. The molecule has 2 aromatic heterocycles. The Morgan fingerprint density at radius 1 is 1.35 bits per heavy atom. The summed E-state index contributed by atoms with van der Waals surface area (Å²) in [5, 5.41) is 12.2. The summed E-state index contributed by atoms with van der Waals surface area (Å²) in [6.45, 7) is 5.37. The van der Waals surface area contributed by atoms with Crippen LogP contribution in [0.3, 0.4) is 0 Å². The van der Waals surface area contributed by atoms with Crippen LogP contribution in [-0.4, -0.2) is 25.9 Å². The second kappa shape index (κ2) is 7.50. The molecule has 0 bridgehead atoms. The van der Waals surface area contributed by atoms with E-state index in [1.54, 1.807) is 0 Å². The molecule has 2 heterocycles. The second-order valence-corrected chi connectivity index (χ2v) is 5.85. The van der Waals surface area contributed by atoms with Crippen molar-refractivity contribution in [3.8, 4) is 0 Å². The third-order valence-corrected chi connectivity index (χ3v) is 4.11. The van der Waals surface area contributed by atoms with Crippen LogP contribution < -0.4 is 5.32 Å². The van der Waals surface area contributed by atoms with Gasteiger partial charge in [-0.15, -0.1) is 5.10 Å². The van der Waals surface area contributed by atoms with E-state index in [4.69, 9.17) is 0 Å². The van der Waals surface area contributed by atoms with Gasteiger partial charge in [0.05, 0.1) is 16.8 Å². The quantitative estimate of drug-likeness (QED) is 0.812. The first-order valence-electron chi connectivity index (χ1n) is 7.26. The monoisotopic (exact) mass is 293 g/mol. The maximum absolute atomic E-state index is 4.29. The van der Waals surface area contributed by atoms with E-state index < -0.39 is 0 Å². The molecule has 0 aliphatic rings. The highest BCUT2D eigenvalue weighted by molar-refractivity contribution is 7.05. The SMILES string of the molecule is CCCNC(Cc1cnn(C)c1)c1snnc1CCC. The van der Waals surface area contributed by atoms with E-state index in [9.17, 15) is 0 Å². The molecule has 1 N–H and O–H groups in total. The van der Waals surface area contributed by atoms with E-state index in [1.807, 2.05) is 17.9 Å². The lowest BCUT2D eigenvalue weighted by atomic mass is 10.0. The van der Waals surface area contributed by atoms with Gasteiger partial charge in [0.1, 0.15) is 0 Å². The smallest absolute Gasteiger partial charge is 0.0803 e. The Hall–Kier alpha value is -1.27. The van der Waals surface area contributed by atoms with Crippen molar-refractivity contribution in [3.63, 3.8) is 0 Å². The van der Waals surface area contributed by atoms with Gasteiger partial charge in [0, 0.05) is 19.3 Å². The number of hydrogen-bond acceptors (Lipinski definition) is 5. The molecule has 110 valence electrons. The van der Waals surface area contributed by atoms with Gasteiger partial charge in [-0.05, 0) is 42.9 Å². The van der Waals surface area contributed by atoms with Gasteiger partial charge in [-0.3, -0.25) is 4.68 Å². The van der Waals surface area contributed by atoms with Gasteiger partial charge < -0.3 is 5.32 Å². The summed E-state index contributed by atoms with van der Waals surface area (Å²) in [6.07, 6.45) is 8.19. The van der Waals surface area contributed by atoms with Crippen LogP contribution in [0.1, 0.15) is 48.9 Å². The van der Waals surface area contributed by atoms with Crippen molar-refractivity contribution in [1.82, 2.24) is 24.7 Å². The molecule has 2 rings (SSSR count). The Bertz CT molecular complexity index is 519. The Kier molecular flexibility index (Phi) is 5.67. The first-order chi connectivity index (χ1) is 9.74. The number of rotatable bonds is 8. The second-order valence-electron chi connectivity index (χ2n) is 5.07. The summed E-state index contributed by atoms with van der Waals surface area (Å²) in [5.74, 6) is 0. The highest BCUT2D eigenvalue weighted by Crippen LogP contribution is 2.25. The number of aromatic nitrogens is 4. The molecule has 20 heavy (non-hydrogen) atoms. The molecule has 0 radical (unpaired) electrons. The summed E-state index contributed by atoms with van der Waals surface area (Å²) in [7, 11) is 1.95. The molecule has 0 aliphatic heterocycles. The molecule has 1 atom stereocenters. The van der Waals surface area contributed by atoms with Gasteiger partial charge in [0.25, 0.3) is 0 Å². The summed E-state index contributed by atoms with van der Waals surface area (Å²) >= 11 is 1.52. The van der Waals surface area contributed by atoms with Crippen molar-refractivity contribution in [3.05, 3.63) is 28.5 Å². The molecule has 0 saturated heterocycles. The van der Waals surface area contributed by atoms with Crippen LogP contribution in [0.15, 0.2) is 12.4 Å². The average molecular weight is 293 g/mol. The Labute approximate surface area is 124 Å². The molecule has 0 fully saturated rings. The molecule has 5 nitrogen and oxygen atoms in total. The van der Waals surface area contributed by atoms with E-state index >= 15 is 0 Å². The molecule has 0 saturated carbocycles. The first kappa shape index (κ1) is 15.1. The van der Waals surface area contributed by atoms with Crippen molar-refractivity contribution in [2.24, 2.45) is 7.05 Å². The van der Waals surface area contributed by atoms with Crippen molar-refractivity contribution >= 4 is 11.5 Å². The molecule has 0 amide bonds. The van der Waals surface area contributed by atoms with Gasteiger partial charge in [0.2, 0.25) is 0 Å². The highest BCUT2D eigenvalue weighted by atomic mass is 32.1. The fraction of sp³-hybridized carbons (Fsp3) is 0.643. The minimum Gasteiger partial charge on any atom is -0.309 e. The maximum Gasteiger partial charge on any atom is 0.0803 e. The first-order valence-corrected chi connectivity index (χ1v) is 8.04. The standard InChI is InChI=1S/C14H23N5S/c1-4-6-12-14(20-18-17-12)13(15-7-5-2)8-11-9-16-19(3)10-11/h9-10,13,15H,4-8H2,1-3H3. The van der Waals surface area contributed by atoms with Gasteiger partial charge in [-0.2, -0.15) is 5.10 Å². The zero-order valence-corrected chi connectivity index (χ0v) is 13.3. The van der Waals surface area contributed by atoms with Crippen LogP contribution in [0.25, 0.3) is 0 Å². The summed E-state index contributed by atoms with van der Waals surface area (Å²) in [6, 6.07) is 0.292. The van der Waals surface area contributed by atoms with Crippen LogP contribution in [0, 0.1) is 0 Å². The molecular formula is C14H23N5S. The summed E-state index contributed by atoms with van der Waals surface area (Å²) < 4.78 is 6.00. The average Bonchev–Trinajstić information content (AvgIpc) is 3.04. The number of aryl methyl sites for hydroxylation is 2. The molecule has 0 aliphatic carbocycles. The van der Waals surface area contributed by atoms with Crippen molar-refractivity contribution in [2.45, 2.75) is 45.6 Å². The van der Waals surface area contributed by atoms with Crippen molar-refractivity contribution in [2.75, 3.05) is 6.54 Å². The van der Waals surface area contributed by atoms with E-state index in [2.05, 4.69) is 40.0 Å². The Morgan fingerprint density at radius 3 is 2.85 bits per heavy atom. The topological polar surface area (TPSA) is 55.6 Å². The van der Waals surface area contributed by atoms with Gasteiger partial charge in [-0.1, -0.05) is 24.8 Å². The lowest BCUT2D eigenvalue weighted by Crippen LogP contribution is -2.24.